The molecule has 1 rings (SSSR count). The van der Waals surface area contributed by atoms with E-state index in [2.05, 4.69) is 0 Å². The molecule has 0 unspecified atom stereocenters. The predicted octanol–water partition coefficient (Wildman–Crippen LogP) is 0.883. The van der Waals surface area contributed by atoms with Gasteiger partial charge in [0.05, 0.1) is 0 Å². The summed E-state index contributed by atoms with van der Waals surface area (Å²) in [5.41, 5.74) is 0. The maximum Gasteiger partial charge on any atom is 0.116 e. The molecule has 10 heavy (non-hydrogen) atoms. The minimum absolute atomic E-state index is 0.602. The first kappa shape index (κ1) is 8.71. The Balaban J connectivity index is 2.46. The van der Waals surface area contributed by atoms with Crippen LogP contribution in [0.5, 0.6) is 0 Å². The highest BCUT2D eigenvalue weighted by Crippen LogP contribution is 2.40. The molecular weight excluding hydrogens is 168 g/mol. The van der Waals surface area contributed by atoms with Crippen LogP contribution in [0.4, 0.5) is 0 Å². The second-order valence-electron chi connectivity index (χ2n) is 2.93. The van der Waals surface area contributed by atoms with Gasteiger partial charge in [-0.15, -0.1) is 23.5 Å². The van der Waals surface area contributed by atoms with E-state index in [0.717, 1.165) is 0 Å². The van der Waals surface area contributed by atoms with Crippen LogP contribution >= 0.6 is 23.5 Å². The maximum atomic E-state index is 9.44. The van der Waals surface area contributed by atoms with Gasteiger partial charge >= 0.3 is 0 Å². The van der Waals surface area contributed by atoms with Crippen molar-refractivity contribution in [2.45, 2.75) is 23.7 Å². The number of thioether (sulfide) groups is 2. The number of hydrogen-bond acceptors (Lipinski definition) is 4. The zero-order valence-electron chi connectivity index (χ0n) is 6.13. The van der Waals surface area contributed by atoms with Crippen LogP contribution in [0.1, 0.15) is 13.8 Å². The second kappa shape index (κ2) is 2.59. The van der Waals surface area contributed by atoms with Gasteiger partial charge in [0.2, 0.25) is 0 Å². The van der Waals surface area contributed by atoms with Gasteiger partial charge < -0.3 is 10.2 Å². The highest BCUT2D eigenvalue weighted by atomic mass is 32.2. The zero-order valence-corrected chi connectivity index (χ0v) is 7.76. The molecule has 0 aromatic rings. The lowest BCUT2D eigenvalue weighted by Crippen LogP contribution is -2.37. The van der Waals surface area contributed by atoms with Gasteiger partial charge in [-0.1, -0.05) is 0 Å². The monoisotopic (exact) mass is 180 g/mol. The fourth-order valence-corrected chi connectivity index (χ4v) is 2.84. The Hall–Kier alpha value is 0.620. The molecule has 2 N–H and O–H groups in total. The summed E-state index contributed by atoms with van der Waals surface area (Å²) in [6.07, 6.45) is 0. The standard InChI is InChI=1S/C6H12O2S2/c1-5(7)3-10-6(2,8)4-9-5/h7-8H,3-4H2,1-2H3/t5-,6+. The molecule has 0 bridgehead atoms. The third-order valence-electron chi connectivity index (χ3n) is 1.30. The van der Waals surface area contributed by atoms with E-state index in [4.69, 9.17) is 0 Å². The van der Waals surface area contributed by atoms with Gasteiger partial charge in [-0.3, -0.25) is 0 Å². The summed E-state index contributed by atoms with van der Waals surface area (Å²) in [6, 6.07) is 0. The minimum Gasteiger partial charge on any atom is -0.379 e. The lowest BCUT2D eigenvalue weighted by Gasteiger charge is -2.35. The predicted molar refractivity (Wildman–Crippen MR) is 46.2 cm³/mol. The van der Waals surface area contributed by atoms with Crippen molar-refractivity contribution in [3.05, 3.63) is 0 Å². The van der Waals surface area contributed by atoms with Crippen molar-refractivity contribution in [2.75, 3.05) is 11.5 Å². The summed E-state index contributed by atoms with van der Waals surface area (Å²) in [5.74, 6) is 1.20. The van der Waals surface area contributed by atoms with Crippen molar-refractivity contribution in [3.63, 3.8) is 0 Å². The van der Waals surface area contributed by atoms with Gasteiger partial charge in [-0.2, -0.15) is 0 Å². The van der Waals surface area contributed by atoms with Crippen molar-refractivity contribution in [2.24, 2.45) is 0 Å². The molecule has 2 atom stereocenters. The van der Waals surface area contributed by atoms with Gasteiger partial charge in [0.1, 0.15) is 9.87 Å². The van der Waals surface area contributed by atoms with E-state index in [9.17, 15) is 10.2 Å². The first-order chi connectivity index (χ1) is 4.41. The molecule has 2 nitrogen and oxygen atoms in total. The molecule has 1 saturated heterocycles. The molecule has 0 spiro atoms. The van der Waals surface area contributed by atoms with Crippen LogP contribution in [0, 0.1) is 0 Å². The fraction of sp³-hybridized carbons (Fsp3) is 1.00. The Morgan fingerprint density at radius 2 is 1.30 bits per heavy atom. The number of rotatable bonds is 0. The first-order valence-electron chi connectivity index (χ1n) is 3.14. The Morgan fingerprint density at radius 3 is 1.50 bits per heavy atom. The fourth-order valence-electron chi connectivity index (χ4n) is 0.662. The number of aliphatic hydroxyl groups is 2. The van der Waals surface area contributed by atoms with E-state index >= 15 is 0 Å². The molecule has 0 aromatic heterocycles. The normalized spacial score (nSPS) is 49.2. The molecular formula is C6H12O2S2. The van der Waals surface area contributed by atoms with E-state index < -0.39 is 9.87 Å². The van der Waals surface area contributed by atoms with Crippen molar-refractivity contribution < 1.29 is 10.2 Å². The maximum absolute atomic E-state index is 9.44. The summed E-state index contributed by atoms with van der Waals surface area (Å²) in [4.78, 5) is -1.29. The highest BCUT2D eigenvalue weighted by molar-refractivity contribution is 8.07. The van der Waals surface area contributed by atoms with Gasteiger partial charge in [0.25, 0.3) is 0 Å². The Bertz CT molecular complexity index is 106. The van der Waals surface area contributed by atoms with Crippen molar-refractivity contribution in [3.8, 4) is 0 Å². The molecule has 1 aliphatic heterocycles. The van der Waals surface area contributed by atoms with E-state index in [1.54, 1.807) is 13.8 Å². The van der Waals surface area contributed by atoms with Gasteiger partial charge in [0.15, 0.2) is 0 Å². The summed E-state index contributed by atoms with van der Waals surface area (Å²) >= 11 is 2.82. The third kappa shape index (κ3) is 2.34. The van der Waals surface area contributed by atoms with Gasteiger partial charge in [0, 0.05) is 11.5 Å². The summed E-state index contributed by atoms with van der Waals surface area (Å²) in [6.45, 7) is 3.56. The van der Waals surface area contributed by atoms with E-state index in [1.807, 2.05) is 0 Å². The summed E-state index contributed by atoms with van der Waals surface area (Å²) in [7, 11) is 0. The van der Waals surface area contributed by atoms with Crippen molar-refractivity contribution in [1.29, 1.82) is 0 Å². The average molecular weight is 180 g/mol. The van der Waals surface area contributed by atoms with Crippen LogP contribution in [0.25, 0.3) is 0 Å². The molecule has 1 aliphatic rings. The smallest absolute Gasteiger partial charge is 0.116 e. The van der Waals surface area contributed by atoms with Crippen LogP contribution < -0.4 is 0 Å². The van der Waals surface area contributed by atoms with Crippen LogP contribution in [0.3, 0.4) is 0 Å². The second-order valence-corrected chi connectivity index (χ2v) is 5.84. The van der Waals surface area contributed by atoms with Crippen LogP contribution in [-0.2, 0) is 0 Å². The third-order valence-corrected chi connectivity index (χ3v) is 4.61. The summed E-state index contributed by atoms with van der Waals surface area (Å²) < 4.78 is 0. The van der Waals surface area contributed by atoms with Crippen molar-refractivity contribution >= 4 is 23.5 Å². The molecule has 60 valence electrons. The lowest BCUT2D eigenvalue weighted by molar-refractivity contribution is 0.155. The number of hydrogen-bond donors (Lipinski definition) is 2. The Labute approximate surface area is 69.4 Å². The SMILES string of the molecule is C[C@]1(O)CS[C@](C)(O)CS1. The first-order valence-corrected chi connectivity index (χ1v) is 5.11. The van der Waals surface area contributed by atoms with Crippen LogP contribution in [0.15, 0.2) is 0 Å². The summed E-state index contributed by atoms with van der Waals surface area (Å²) in [5, 5.41) is 18.9. The van der Waals surface area contributed by atoms with Crippen molar-refractivity contribution in [1.82, 2.24) is 0 Å². The molecule has 1 fully saturated rings. The van der Waals surface area contributed by atoms with E-state index in [-0.39, 0.29) is 0 Å². The van der Waals surface area contributed by atoms with Gasteiger partial charge in [-0.05, 0) is 13.8 Å². The molecule has 1 heterocycles. The van der Waals surface area contributed by atoms with Crippen LogP contribution in [-0.4, -0.2) is 31.6 Å². The van der Waals surface area contributed by atoms with Gasteiger partial charge in [-0.25, -0.2) is 0 Å². The zero-order chi connectivity index (χ0) is 7.83. The quantitative estimate of drug-likeness (QED) is 0.580. The van der Waals surface area contributed by atoms with E-state index in [1.165, 1.54) is 23.5 Å². The average Bonchev–Trinajstić information content (AvgIpc) is 1.79. The molecule has 0 aliphatic carbocycles. The molecule has 0 amide bonds. The lowest BCUT2D eigenvalue weighted by atomic mass is 10.4. The molecule has 4 heteroatoms. The Kier molecular flexibility index (Phi) is 2.26. The van der Waals surface area contributed by atoms with Crippen LogP contribution in [0.2, 0.25) is 0 Å². The topological polar surface area (TPSA) is 40.5 Å². The highest BCUT2D eigenvalue weighted by Gasteiger charge is 2.35. The largest absolute Gasteiger partial charge is 0.379 e. The Morgan fingerprint density at radius 1 is 1.00 bits per heavy atom. The van der Waals surface area contributed by atoms with E-state index in [0.29, 0.717) is 11.5 Å². The minimum atomic E-state index is -0.646. The molecule has 0 saturated carbocycles. The molecule has 0 radical (unpaired) electrons. The molecule has 0 aromatic carbocycles.